The Morgan fingerprint density at radius 3 is 2.25 bits per heavy atom. The fourth-order valence-electron chi connectivity index (χ4n) is 0.737. The van der Waals surface area contributed by atoms with Gasteiger partial charge in [-0.3, -0.25) is 4.79 Å². The van der Waals surface area contributed by atoms with E-state index < -0.39 is 0 Å². The van der Waals surface area contributed by atoms with Gasteiger partial charge in [-0.15, -0.1) is 0 Å². The molecule has 0 aromatic heterocycles. The number of nitrogens with one attached hydrogen (secondary N) is 1. The van der Waals surface area contributed by atoms with Gasteiger partial charge in [-0.05, 0) is 19.8 Å². The first-order chi connectivity index (χ1) is 3.62. The van der Waals surface area contributed by atoms with Crippen molar-refractivity contribution in [3.05, 3.63) is 0 Å². The summed E-state index contributed by atoms with van der Waals surface area (Å²) in [4.78, 5) is 10.4. The van der Waals surface area contributed by atoms with Gasteiger partial charge in [0.15, 0.2) is 0 Å². The average Bonchev–Trinajstić information content (AvgIpc) is 2.17. The molecule has 0 aromatic rings. The van der Waals surface area contributed by atoms with Crippen molar-refractivity contribution >= 4 is 5.91 Å². The first kappa shape index (κ1) is 5.60. The minimum Gasteiger partial charge on any atom is -0.351 e. The van der Waals surface area contributed by atoms with Crippen molar-refractivity contribution in [1.82, 2.24) is 5.32 Å². The number of hydrogen-bond acceptors (Lipinski definition) is 1. The maximum Gasteiger partial charge on any atom is 0.217 e. The first-order valence-electron chi connectivity index (χ1n) is 2.91. The zero-order chi connectivity index (χ0) is 6.20. The van der Waals surface area contributed by atoms with E-state index >= 15 is 0 Å². The number of amides is 1. The SMILES string of the molecule is CC(=O)NC1(C)CC1. The smallest absolute Gasteiger partial charge is 0.217 e. The van der Waals surface area contributed by atoms with Crippen molar-refractivity contribution in [2.45, 2.75) is 32.2 Å². The lowest BCUT2D eigenvalue weighted by Crippen LogP contribution is -2.31. The van der Waals surface area contributed by atoms with E-state index in [2.05, 4.69) is 12.2 Å². The van der Waals surface area contributed by atoms with Crippen LogP contribution in [0.3, 0.4) is 0 Å². The molecule has 1 saturated carbocycles. The molecule has 1 aliphatic rings. The Hall–Kier alpha value is -0.530. The molecule has 1 aliphatic carbocycles. The van der Waals surface area contributed by atoms with Crippen molar-refractivity contribution in [2.24, 2.45) is 0 Å². The van der Waals surface area contributed by atoms with E-state index in [0.717, 1.165) is 12.8 Å². The molecule has 1 rings (SSSR count). The van der Waals surface area contributed by atoms with Crippen LogP contribution in [0, 0.1) is 0 Å². The Balaban J connectivity index is 2.29. The highest BCUT2D eigenvalue weighted by atomic mass is 16.1. The van der Waals surface area contributed by atoms with Gasteiger partial charge in [-0.2, -0.15) is 0 Å². The molecule has 1 amide bonds. The minimum absolute atomic E-state index is 0.0880. The second-order valence-electron chi connectivity index (χ2n) is 2.74. The van der Waals surface area contributed by atoms with Crippen LogP contribution in [0.1, 0.15) is 26.7 Å². The maximum atomic E-state index is 10.4. The van der Waals surface area contributed by atoms with Crippen molar-refractivity contribution < 1.29 is 4.79 Å². The third kappa shape index (κ3) is 1.22. The lowest BCUT2D eigenvalue weighted by Gasteiger charge is -2.06. The highest BCUT2D eigenvalue weighted by molar-refractivity contribution is 5.74. The van der Waals surface area contributed by atoms with Crippen molar-refractivity contribution in [1.29, 1.82) is 0 Å². The molecule has 0 bridgehead atoms. The summed E-state index contributed by atoms with van der Waals surface area (Å²) in [6.45, 7) is 3.62. The monoisotopic (exact) mass is 113 g/mol. The second-order valence-corrected chi connectivity index (χ2v) is 2.74. The number of rotatable bonds is 1. The van der Waals surface area contributed by atoms with Gasteiger partial charge < -0.3 is 5.32 Å². The van der Waals surface area contributed by atoms with E-state index in [-0.39, 0.29) is 11.4 Å². The Morgan fingerprint density at radius 1 is 1.62 bits per heavy atom. The van der Waals surface area contributed by atoms with Crippen LogP contribution in [0.25, 0.3) is 0 Å². The summed E-state index contributed by atoms with van der Waals surface area (Å²) in [5.74, 6) is 0.0880. The van der Waals surface area contributed by atoms with Gasteiger partial charge in [0.1, 0.15) is 0 Å². The molecule has 1 N–H and O–H groups in total. The van der Waals surface area contributed by atoms with Gasteiger partial charge in [-0.25, -0.2) is 0 Å². The van der Waals surface area contributed by atoms with Crippen LogP contribution in [0.15, 0.2) is 0 Å². The quantitative estimate of drug-likeness (QED) is 0.532. The van der Waals surface area contributed by atoms with E-state index in [1.165, 1.54) is 0 Å². The summed E-state index contributed by atoms with van der Waals surface area (Å²) in [6, 6.07) is 0. The van der Waals surface area contributed by atoms with Gasteiger partial charge >= 0.3 is 0 Å². The highest BCUT2D eigenvalue weighted by Gasteiger charge is 2.37. The summed E-state index contributed by atoms with van der Waals surface area (Å²) >= 11 is 0. The molecule has 0 radical (unpaired) electrons. The summed E-state index contributed by atoms with van der Waals surface area (Å²) in [7, 11) is 0. The van der Waals surface area contributed by atoms with Crippen LogP contribution in [0.5, 0.6) is 0 Å². The zero-order valence-corrected chi connectivity index (χ0v) is 5.32. The Morgan fingerprint density at radius 2 is 2.12 bits per heavy atom. The van der Waals surface area contributed by atoms with Gasteiger partial charge in [0.05, 0.1) is 0 Å². The molecule has 8 heavy (non-hydrogen) atoms. The predicted octanol–water partition coefficient (Wildman–Crippen LogP) is 0.675. The Kier molecular flexibility index (Phi) is 1.03. The fraction of sp³-hybridized carbons (Fsp3) is 0.833. The lowest BCUT2D eigenvalue weighted by atomic mass is 10.3. The Labute approximate surface area is 49.3 Å². The molecule has 2 nitrogen and oxygen atoms in total. The van der Waals surface area contributed by atoms with Crippen molar-refractivity contribution in [2.75, 3.05) is 0 Å². The van der Waals surface area contributed by atoms with Crippen LogP contribution in [-0.4, -0.2) is 11.4 Å². The molecule has 0 unspecified atom stereocenters. The fourth-order valence-corrected chi connectivity index (χ4v) is 0.737. The molecule has 0 saturated heterocycles. The van der Waals surface area contributed by atoms with E-state index in [1.807, 2.05) is 0 Å². The van der Waals surface area contributed by atoms with Crippen LogP contribution >= 0.6 is 0 Å². The zero-order valence-electron chi connectivity index (χ0n) is 5.32. The van der Waals surface area contributed by atoms with Crippen molar-refractivity contribution in [3.8, 4) is 0 Å². The van der Waals surface area contributed by atoms with E-state index in [0.29, 0.717) is 0 Å². The molecule has 0 aromatic carbocycles. The Bertz CT molecular complexity index is 116. The summed E-state index contributed by atoms with van der Waals surface area (Å²) < 4.78 is 0. The standard InChI is InChI=1S/C6H11NO/c1-5(8)7-6(2)3-4-6/h3-4H2,1-2H3,(H,7,8). The average molecular weight is 113 g/mol. The van der Waals surface area contributed by atoms with Gasteiger partial charge in [0, 0.05) is 12.5 Å². The number of carbonyl (C=O) groups is 1. The maximum absolute atomic E-state index is 10.4. The second kappa shape index (κ2) is 1.47. The molecule has 46 valence electrons. The third-order valence-corrected chi connectivity index (χ3v) is 1.48. The van der Waals surface area contributed by atoms with Crippen LogP contribution in [0.2, 0.25) is 0 Å². The molecule has 0 atom stereocenters. The summed E-state index contributed by atoms with van der Waals surface area (Å²) in [6.07, 6.45) is 2.29. The number of carbonyl (C=O) groups excluding carboxylic acids is 1. The van der Waals surface area contributed by atoms with Crippen LogP contribution < -0.4 is 5.32 Å². The predicted molar refractivity (Wildman–Crippen MR) is 31.5 cm³/mol. The highest BCUT2D eigenvalue weighted by Crippen LogP contribution is 2.33. The third-order valence-electron chi connectivity index (χ3n) is 1.48. The summed E-state index contributed by atoms with van der Waals surface area (Å²) in [5.41, 5.74) is 0.172. The van der Waals surface area contributed by atoms with Gasteiger partial charge in [0.2, 0.25) is 5.91 Å². The minimum atomic E-state index is 0.0880. The van der Waals surface area contributed by atoms with Crippen LogP contribution in [-0.2, 0) is 4.79 Å². The molecule has 0 heterocycles. The largest absolute Gasteiger partial charge is 0.351 e. The van der Waals surface area contributed by atoms with E-state index in [4.69, 9.17) is 0 Å². The molecular weight excluding hydrogens is 102 g/mol. The van der Waals surface area contributed by atoms with Gasteiger partial charge in [0.25, 0.3) is 0 Å². The van der Waals surface area contributed by atoms with Crippen LogP contribution in [0.4, 0.5) is 0 Å². The molecule has 0 aliphatic heterocycles. The molecule has 1 fully saturated rings. The topological polar surface area (TPSA) is 29.1 Å². The van der Waals surface area contributed by atoms with Gasteiger partial charge in [-0.1, -0.05) is 0 Å². The lowest BCUT2D eigenvalue weighted by molar-refractivity contribution is -0.119. The van der Waals surface area contributed by atoms with E-state index in [1.54, 1.807) is 6.92 Å². The molecule has 0 spiro atoms. The summed E-state index contributed by atoms with van der Waals surface area (Å²) in [5, 5.41) is 2.85. The van der Waals surface area contributed by atoms with Crippen molar-refractivity contribution in [3.63, 3.8) is 0 Å². The molecule has 2 heteroatoms. The molecular formula is C6H11NO. The normalized spacial score (nSPS) is 22.2. The first-order valence-corrected chi connectivity index (χ1v) is 2.91. The van der Waals surface area contributed by atoms with E-state index in [9.17, 15) is 4.79 Å². The number of hydrogen-bond donors (Lipinski definition) is 1.